The molecule has 0 fully saturated rings. The second-order valence-corrected chi connectivity index (χ2v) is 12.8. The van der Waals surface area contributed by atoms with Crippen molar-refractivity contribution in [2.75, 3.05) is 0 Å². The van der Waals surface area contributed by atoms with Crippen molar-refractivity contribution in [3.63, 3.8) is 0 Å². The van der Waals surface area contributed by atoms with Crippen molar-refractivity contribution in [1.29, 1.82) is 0 Å². The number of unbranched alkanes of at least 4 members (excludes halogenated alkanes) is 16. The molecule has 0 aliphatic carbocycles. The molecule has 0 saturated carbocycles. The summed E-state index contributed by atoms with van der Waals surface area (Å²) in [5, 5.41) is 19.4. The molecule has 2 N–H and O–H groups in total. The van der Waals surface area contributed by atoms with Gasteiger partial charge in [-0.1, -0.05) is 153 Å². The Labute approximate surface area is 273 Å². The van der Waals surface area contributed by atoms with Gasteiger partial charge in [0, 0.05) is 29.4 Å². The first-order valence-electron chi connectivity index (χ1n) is 17.5. The van der Waals surface area contributed by atoms with Crippen LogP contribution in [0.15, 0.2) is 36.4 Å². The molecule has 4 heteroatoms. The fourth-order valence-electron chi connectivity index (χ4n) is 5.81. The lowest BCUT2D eigenvalue weighted by Crippen LogP contribution is -2.22. The van der Waals surface area contributed by atoms with Gasteiger partial charge >= 0.3 is 11.9 Å². The predicted octanol–water partition coefficient (Wildman–Crippen LogP) is 11.2. The maximum absolute atomic E-state index is 11.8. The number of rotatable bonds is 20. The van der Waals surface area contributed by atoms with E-state index in [1.807, 2.05) is 12.1 Å². The molecule has 4 nitrogen and oxygen atoms in total. The topological polar surface area (TPSA) is 74.6 Å². The van der Waals surface area contributed by atoms with Crippen LogP contribution in [0.1, 0.15) is 186 Å². The fraction of sp³-hybridized carbons (Fsp3) is 0.561. The maximum atomic E-state index is 11.8. The largest absolute Gasteiger partial charge is 0.478 e. The molecular formula is C41H56O4. The summed E-state index contributed by atoms with van der Waals surface area (Å²) in [6, 6.07) is 10.3. The molecule has 45 heavy (non-hydrogen) atoms. The third-order valence-corrected chi connectivity index (χ3v) is 8.64. The zero-order valence-corrected chi connectivity index (χ0v) is 28.4. The molecule has 244 valence electrons. The molecule has 2 rings (SSSR count). The summed E-state index contributed by atoms with van der Waals surface area (Å²) in [6.45, 7) is 8.62. The molecule has 2 aromatic carbocycles. The summed E-state index contributed by atoms with van der Waals surface area (Å²) in [6.07, 6.45) is 21.3. The number of hydrogen-bond donors (Lipinski definition) is 2. The minimum atomic E-state index is -0.983. The summed E-state index contributed by atoms with van der Waals surface area (Å²) < 4.78 is 0. The molecule has 0 aromatic heterocycles. The molecule has 0 bridgehead atoms. The first-order valence-corrected chi connectivity index (χ1v) is 17.5. The van der Waals surface area contributed by atoms with Crippen LogP contribution < -0.4 is 0 Å². The Balaban J connectivity index is 2.23. The molecule has 2 aromatic rings. The molecule has 0 saturated heterocycles. The average molecular weight is 613 g/mol. The molecule has 0 unspecified atom stereocenters. The quantitative estimate of drug-likeness (QED) is 0.115. The molecule has 0 heterocycles. The second kappa shape index (κ2) is 21.3. The molecular weight excluding hydrogens is 556 g/mol. The van der Waals surface area contributed by atoms with Gasteiger partial charge in [0.1, 0.15) is 0 Å². The molecule has 0 spiro atoms. The van der Waals surface area contributed by atoms with Crippen LogP contribution >= 0.6 is 0 Å². The van der Waals surface area contributed by atoms with Gasteiger partial charge in [0.25, 0.3) is 0 Å². The minimum absolute atomic E-state index is 0.206. The lowest BCUT2D eigenvalue weighted by atomic mass is 9.73. The first-order chi connectivity index (χ1) is 21.7. The van der Waals surface area contributed by atoms with E-state index in [2.05, 4.69) is 51.4 Å². The smallest absolute Gasteiger partial charge is 0.335 e. The van der Waals surface area contributed by atoms with E-state index in [0.29, 0.717) is 11.1 Å². The number of carboxylic acid groups (broad SMARTS) is 2. The van der Waals surface area contributed by atoms with Gasteiger partial charge in [-0.05, 0) is 48.2 Å². The van der Waals surface area contributed by atoms with Gasteiger partial charge in [0.15, 0.2) is 0 Å². The van der Waals surface area contributed by atoms with Crippen LogP contribution in [-0.4, -0.2) is 22.2 Å². The summed E-state index contributed by atoms with van der Waals surface area (Å²) >= 11 is 0. The number of hydrogen-bond acceptors (Lipinski definition) is 2. The summed E-state index contributed by atoms with van der Waals surface area (Å²) in [7, 11) is 0. The van der Waals surface area contributed by atoms with E-state index in [0.717, 1.165) is 49.7 Å². The van der Waals surface area contributed by atoms with E-state index in [9.17, 15) is 19.8 Å². The normalized spacial score (nSPS) is 10.9. The second-order valence-electron chi connectivity index (χ2n) is 12.8. The van der Waals surface area contributed by atoms with Gasteiger partial charge in [-0.2, -0.15) is 0 Å². The van der Waals surface area contributed by atoms with Crippen molar-refractivity contribution in [2.24, 2.45) is 0 Å². The number of aromatic carboxylic acids is 2. The van der Waals surface area contributed by atoms with Gasteiger partial charge < -0.3 is 10.2 Å². The Hall–Kier alpha value is -3.50. The van der Waals surface area contributed by atoms with E-state index in [1.165, 1.54) is 77.0 Å². The van der Waals surface area contributed by atoms with Crippen LogP contribution in [0.5, 0.6) is 0 Å². The highest BCUT2D eigenvalue weighted by atomic mass is 16.4. The lowest BCUT2D eigenvalue weighted by molar-refractivity contribution is 0.0686. The van der Waals surface area contributed by atoms with E-state index in [-0.39, 0.29) is 11.1 Å². The highest BCUT2D eigenvalue weighted by Gasteiger charge is 2.29. The van der Waals surface area contributed by atoms with Crippen LogP contribution in [0, 0.1) is 23.7 Å². The van der Waals surface area contributed by atoms with Crippen molar-refractivity contribution in [1.82, 2.24) is 0 Å². The number of benzene rings is 2. The molecule has 0 aliphatic rings. The van der Waals surface area contributed by atoms with Crippen molar-refractivity contribution in [2.45, 2.75) is 149 Å². The predicted molar refractivity (Wildman–Crippen MR) is 187 cm³/mol. The molecule has 0 amide bonds. The van der Waals surface area contributed by atoms with Crippen molar-refractivity contribution >= 4 is 11.9 Å². The van der Waals surface area contributed by atoms with Gasteiger partial charge in [-0.25, -0.2) is 9.59 Å². The third kappa shape index (κ3) is 13.6. The van der Waals surface area contributed by atoms with Gasteiger partial charge in [0.05, 0.1) is 11.1 Å². The number of carbonyl (C=O) groups is 2. The van der Waals surface area contributed by atoms with Crippen molar-refractivity contribution in [3.05, 3.63) is 69.8 Å². The van der Waals surface area contributed by atoms with Crippen LogP contribution in [0.2, 0.25) is 0 Å². The van der Waals surface area contributed by atoms with Gasteiger partial charge in [-0.3, -0.25) is 0 Å². The van der Waals surface area contributed by atoms with E-state index >= 15 is 0 Å². The number of carboxylic acids is 2. The standard InChI is InChI=1S/C41H56O4/c1-5-7-9-11-13-15-17-19-21-23-25-33-31-35(39(42)43)27-29-37(33)41(3,4)38-30-28-36(40(44)45)32-34(38)26-24-22-20-18-16-14-12-10-8-6-2/h27-32H,5-22H2,1-4H3,(H,42,43)(H,44,45). The summed E-state index contributed by atoms with van der Waals surface area (Å²) in [5.41, 5.74) is 3.03. The fourth-order valence-corrected chi connectivity index (χ4v) is 5.81. The van der Waals surface area contributed by atoms with Crippen LogP contribution in [0.4, 0.5) is 0 Å². The zero-order valence-electron chi connectivity index (χ0n) is 28.4. The summed E-state index contributed by atoms with van der Waals surface area (Å²) in [4.78, 5) is 23.7. The van der Waals surface area contributed by atoms with E-state index in [4.69, 9.17) is 0 Å². The van der Waals surface area contributed by atoms with Gasteiger partial charge in [0.2, 0.25) is 0 Å². The monoisotopic (exact) mass is 612 g/mol. The molecule has 0 radical (unpaired) electrons. The highest BCUT2D eigenvalue weighted by molar-refractivity contribution is 5.89. The third-order valence-electron chi connectivity index (χ3n) is 8.64. The molecule has 0 aliphatic heterocycles. The Morgan fingerprint density at radius 3 is 1.22 bits per heavy atom. The average Bonchev–Trinajstić information content (AvgIpc) is 3.02. The molecule has 0 atom stereocenters. The van der Waals surface area contributed by atoms with E-state index < -0.39 is 17.4 Å². The Morgan fingerprint density at radius 2 is 0.889 bits per heavy atom. The zero-order chi connectivity index (χ0) is 32.9. The van der Waals surface area contributed by atoms with Crippen molar-refractivity contribution in [3.8, 4) is 23.7 Å². The van der Waals surface area contributed by atoms with Crippen LogP contribution in [-0.2, 0) is 5.41 Å². The summed E-state index contributed by atoms with van der Waals surface area (Å²) in [5.74, 6) is 11.2. The maximum Gasteiger partial charge on any atom is 0.335 e. The van der Waals surface area contributed by atoms with E-state index in [1.54, 1.807) is 24.3 Å². The van der Waals surface area contributed by atoms with Crippen LogP contribution in [0.25, 0.3) is 0 Å². The minimum Gasteiger partial charge on any atom is -0.478 e. The Bertz CT molecular complexity index is 1230. The Kier molecular flexibility index (Phi) is 17.8. The van der Waals surface area contributed by atoms with Gasteiger partial charge in [-0.15, -0.1) is 0 Å². The van der Waals surface area contributed by atoms with Crippen LogP contribution in [0.3, 0.4) is 0 Å². The highest BCUT2D eigenvalue weighted by Crippen LogP contribution is 2.36. The lowest BCUT2D eigenvalue weighted by Gasteiger charge is -2.29. The first kappa shape index (κ1) is 37.7. The Morgan fingerprint density at radius 1 is 0.556 bits per heavy atom. The van der Waals surface area contributed by atoms with Crippen molar-refractivity contribution < 1.29 is 19.8 Å². The SMILES string of the molecule is CCCCCCCCCCC#Cc1cc(C(=O)O)ccc1C(C)(C)c1ccc(C(=O)O)cc1C#CCCCCCCCCCC.